The normalized spacial score (nSPS) is 17.1. The molecule has 17 heavy (non-hydrogen) atoms. The van der Waals surface area contributed by atoms with Gasteiger partial charge in [0.2, 0.25) is 0 Å². The minimum absolute atomic E-state index is 0.0650. The third-order valence-corrected chi connectivity index (χ3v) is 3.33. The molecule has 4 nitrogen and oxygen atoms in total. The van der Waals surface area contributed by atoms with E-state index in [1.807, 2.05) is 24.6 Å². The monoisotopic (exact) mass is 236 g/mol. The molecule has 0 spiro atoms. The van der Waals surface area contributed by atoms with E-state index in [2.05, 4.69) is 5.10 Å². The van der Waals surface area contributed by atoms with Crippen molar-refractivity contribution in [1.82, 2.24) is 9.78 Å². The molecule has 1 heterocycles. The van der Waals surface area contributed by atoms with Gasteiger partial charge in [-0.15, -0.1) is 0 Å². The molecular weight excluding hydrogens is 216 g/mol. The lowest BCUT2D eigenvalue weighted by Gasteiger charge is -2.08. The summed E-state index contributed by atoms with van der Waals surface area (Å²) < 4.78 is 1.86. The minimum Gasteiger partial charge on any atom is -0.385 e. The van der Waals surface area contributed by atoms with Gasteiger partial charge in [0.1, 0.15) is 6.10 Å². The Bertz CT molecular complexity index is 408. The van der Waals surface area contributed by atoms with Crippen molar-refractivity contribution in [3.63, 3.8) is 0 Å². The number of Topliss-reactive ketones (excluding diaryl/α,β-unsaturated/α-hetero) is 1. The van der Waals surface area contributed by atoms with Gasteiger partial charge < -0.3 is 5.11 Å². The third kappa shape index (κ3) is 2.75. The first-order valence-corrected chi connectivity index (χ1v) is 6.42. The average Bonchev–Trinajstić information content (AvgIpc) is 3.10. The second-order valence-corrected chi connectivity index (χ2v) is 4.72. The van der Waals surface area contributed by atoms with Crippen LogP contribution < -0.4 is 0 Å². The highest BCUT2D eigenvalue weighted by molar-refractivity contribution is 5.85. The molecule has 1 fully saturated rings. The Morgan fingerprint density at radius 2 is 2.29 bits per heavy atom. The van der Waals surface area contributed by atoms with Gasteiger partial charge in [0.25, 0.3) is 0 Å². The molecule has 0 radical (unpaired) electrons. The fourth-order valence-corrected chi connectivity index (χ4v) is 2.06. The van der Waals surface area contributed by atoms with E-state index in [-0.39, 0.29) is 11.7 Å². The molecule has 1 aliphatic rings. The van der Waals surface area contributed by atoms with E-state index in [9.17, 15) is 9.90 Å². The summed E-state index contributed by atoms with van der Waals surface area (Å²) in [5.41, 5.74) is 1.93. The Labute approximate surface area is 102 Å². The van der Waals surface area contributed by atoms with E-state index >= 15 is 0 Å². The van der Waals surface area contributed by atoms with E-state index in [1.54, 1.807) is 0 Å². The SMILES string of the molecule is CCc1cc(CC(=O)C(O)C2CC2)n(CC)n1. The van der Waals surface area contributed by atoms with Gasteiger partial charge in [-0.2, -0.15) is 5.10 Å². The Morgan fingerprint density at radius 3 is 2.82 bits per heavy atom. The molecule has 1 saturated carbocycles. The molecule has 0 bridgehead atoms. The lowest BCUT2D eigenvalue weighted by atomic mass is 10.1. The third-order valence-electron chi connectivity index (χ3n) is 3.33. The number of carbonyl (C=O) groups excluding carboxylic acids is 1. The number of hydrogen-bond acceptors (Lipinski definition) is 3. The smallest absolute Gasteiger partial charge is 0.167 e. The summed E-state index contributed by atoms with van der Waals surface area (Å²) in [5.74, 6) is 0.149. The summed E-state index contributed by atoms with van der Waals surface area (Å²) in [4.78, 5) is 11.9. The summed E-state index contributed by atoms with van der Waals surface area (Å²) >= 11 is 0. The predicted octanol–water partition coefficient (Wildman–Crippen LogP) is 1.35. The van der Waals surface area contributed by atoms with Crippen molar-refractivity contribution in [3.8, 4) is 0 Å². The van der Waals surface area contributed by atoms with Crippen molar-refractivity contribution < 1.29 is 9.90 Å². The van der Waals surface area contributed by atoms with Gasteiger partial charge in [0.05, 0.1) is 12.1 Å². The van der Waals surface area contributed by atoms with Gasteiger partial charge in [-0.1, -0.05) is 6.92 Å². The van der Waals surface area contributed by atoms with Crippen LogP contribution in [0.4, 0.5) is 0 Å². The summed E-state index contributed by atoms with van der Waals surface area (Å²) in [6, 6.07) is 1.97. The lowest BCUT2D eigenvalue weighted by Crippen LogP contribution is -2.25. The number of hydrogen-bond donors (Lipinski definition) is 1. The van der Waals surface area contributed by atoms with Gasteiger partial charge in [-0.05, 0) is 38.2 Å². The van der Waals surface area contributed by atoms with E-state index in [0.29, 0.717) is 6.42 Å². The highest BCUT2D eigenvalue weighted by Crippen LogP contribution is 2.33. The van der Waals surface area contributed by atoms with Crippen molar-refractivity contribution in [3.05, 3.63) is 17.5 Å². The zero-order chi connectivity index (χ0) is 12.4. The summed E-state index contributed by atoms with van der Waals surface area (Å²) in [6.45, 7) is 4.83. The highest BCUT2D eigenvalue weighted by atomic mass is 16.3. The Kier molecular flexibility index (Phi) is 3.62. The molecular formula is C13H20N2O2. The number of aromatic nitrogens is 2. The predicted molar refractivity (Wildman–Crippen MR) is 64.7 cm³/mol. The summed E-state index contributed by atoms with van der Waals surface area (Å²) in [6.07, 6.45) is 2.39. The first kappa shape index (κ1) is 12.3. The lowest BCUT2D eigenvalue weighted by molar-refractivity contribution is -0.127. The van der Waals surface area contributed by atoms with Crippen molar-refractivity contribution in [1.29, 1.82) is 0 Å². The second kappa shape index (κ2) is 5.00. The molecule has 1 atom stereocenters. The van der Waals surface area contributed by atoms with Crippen LogP contribution in [0, 0.1) is 5.92 Å². The highest BCUT2D eigenvalue weighted by Gasteiger charge is 2.34. The summed E-state index contributed by atoms with van der Waals surface area (Å²) in [7, 11) is 0. The zero-order valence-electron chi connectivity index (χ0n) is 10.5. The largest absolute Gasteiger partial charge is 0.385 e. The molecule has 1 unspecified atom stereocenters. The van der Waals surface area contributed by atoms with Crippen LogP contribution in [0.1, 0.15) is 38.1 Å². The van der Waals surface area contributed by atoms with Crippen LogP contribution >= 0.6 is 0 Å². The molecule has 2 rings (SSSR count). The molecule has 0 aliphatic heterocycles. The number of aliphatic hydroxyl groups is 1. The fourth-order valence-electron chi connectivity index (χ4n) is 2.06. The topological polar surface area (TPSA) is 55.1 Å². The average molecular weight is 236 g/mol. The van der Waals surface area contributed by atoms with Gasteiger partial charge >= 0.3 is 0 Å². The molecule has 0 amide bonds. The van der Waals surface area contributed by atoms with E-state index < -0.39 is 6.10 Å². The summed E-state index contributed by atoms with van der Waals surface area (Å²) in [5, 5.41) is 14.2. The Balaban J connectivity index is 2.05. The molecule has 94 valence electrons. The number of aryl methyl sites for hydroxylation is 2. The van der Waals surface area contributed by atoms with Crippen molar-refractivity contribution in [2.45, 2.75) is 52.2 Å². The Hall–Kier alpha value is -1.16. The van der Waals surface area contributed by atoms with E-state index in [1.165, 1.54) is 0 Å². The van der Waals surface area contributed by atoms with Crippen LogP contribution in [-0.4, -0.2) is 26.8 Å². The van der Waals surface area contributed by atoms with Crippen LogP contribution in [0.3, 0.4) is 0 Å². The number of nitrogens with zero attached hydrogens (tertiary/aromatic N) is 2. The van der Waals surface area contributed by atoms with Gasteiger partial charge in [-0.25, -0.2) is 0 Å². The molecule has 0 saturated heterocycles. The molecule has 1 aromatic rings. The van der Waals surface area contributed by atoms with Crippen molar-refractivity contribution in [2.24, 2.45) is 5.92 Å². The van der Waals surface area contributed by atoms with Crippen LogP contribution in [-0.2, 0) is 24.2 Å². The van der Waals surface area contributed by atoms with Crippen molar-refractivity contribution in [2.75, 3.05) is 0 Å². The van der Waals surface area contributed by atoms with E-state index in [4.69, 9.17) is 0 Å². The zero-order valence-corrected chi connectivity index (χ0v) is 10.5. The number of ketones is 1. The number of rotatable bonds is 6. The van der Waals surface area contributed by atoms with Crippen LogP contribution in [0.2, 0.25) is 0 Å². The number of aliphatic hydroxyl groups excluding tert-OH is 1. The minimum atomic E-state index is -0.764. The van der Waals surface area contributed by atoms with E-state index in [0.717, 1.165) is 37.2 Å². The molecule has 4 heteroatoms. The van der Waals surface area contributed by atoms with Gasteiger partial charge in [0.15, 0.2) is 5.78 Å². The maximum absolute atomic E-state index is 11.9. The maximum atomic E-state index is 11.9. The molecule has 1 aliphatic carbocycles. The number of carbonyl (C=O) groups is 1. The second-order valence-electron chi connectivity index (χ2n) is 4.72. The maximum Gasteiger partial charge on any atom is 0.167 e. The van der Waals surface area contributed by atoms with Crippen LogP contribution in [0.5, 0.6) is 0 Å². The van der Waals surface area contributed by atoms with Gasteiger partial charge in [0, 0.05) is 12.2 Å². The Morgan fingerprint density at radius 1 is 1.59 bits per heavy atom. The molecule has 1 aromatic heterocycles. The molecule has 1 N–H and O–H groups in total. The fraction of sp³-hybridized carbons (Fsp3) is 0.692. The van der Waals surface area contributed by atoms with Crippen LogP contribution in [0.25, 0.3) is 0 Å². The molecule has 0 aromatic carbocycles. The van der Waals surface area contributed by atoms with Crippen LogP contribution in [0.15, 0.2) is 6.07 Å². The standard InChI is InChI=1S/C13H20N2O2/c1-3-10-7-11(15(4-2)14-10)8-12(16)13(17)9-5-6-9/h7,9,13,17H,3-6,8H2,1-2H3. The quantitative estimate of drug-likeness (QED) is 0.811. The first-order valence-electron chi connectivity index (χ1n) is 6.42. The van der Waals surface area contributed by atoms with Gasteiger partial charge in [-0.3, -0.25) is 9.48 Å². The first-order chi connectivity index (χ1) is 8.15. The van der Waals surface area contributed by atoms with Crippen molar-refractivity contribution >= 4 is 5.78 Å².